The van der Waals surface area contributed by atoms with Crippen LogP contribution in [-0.4, -0.2) is 18.8 Å². The molecule has 18 heavy (non-hydrogen) atoms. The average molecular weight is 250 g/mol. The maximum atomic E-state index is 9.46. The molecule has 2 heteroatoms. The summed E-state index contributed by atoms with van der Waals surface area (Å²) in [6.45, 7) is 8.92. The van der Waals surface area contributed by atoms with Gasteiger partial charge >= 0.3 is 0 Å². The van der Waals surface area contributed by atoms with Gasteiger partial charge in [0.2, 0.25) is 0 Å². The molecule has 0 aliphatic rings. The Morgan fingerprint density at radius 1 is 1.17 bits per heavy atom. The van der Waals surface area contributed by atoms with E-state index in [1.807, 2.05) is 6.07 Å². The van der Waals surface area contributed by atoms with Crippen LogP contribution in [0.5, 0.6) is 5.75 Å². The molecule has 1 aromatic rings. The summed E-state index contributed by atoms with van der Waals surface area (Å²) in [4.78, 5) is 0. The summed E-state index contributed by atoms with van der Waals surface area (Å²) >= 11 is 0. The highest BCUT2D eigenvalue weighted by Crippen LogP contribution is 2.28. The normalized spacial score (nSPS) is 13.1. The van der Waals surface area contributed by atoms with Crippen LogP contribution in [0.25, 0.3) is 0 Å². The second-order valence-corrected chi connectivity index (χ2v) is 5.62. The van der Waals surface area contributed by atoms with Crippen molar-refractivity contribution in [2.45, 2.75) is 40.0 Å². The number of aliphatic hydroxyl groups excluding tert-OH is 1. The van der Waals surface area contributed by atoms with Gasteiger partial charge in [0.15, 0.2) is 0 Å². The van der Waals surface area contributed by atoms with Crippen molar-refractivity contribution in [1.29, 1.82) is 0 Å². The molecule has 0 aliphatic carbocycles. The monoisotopic (exact) mass is 250 g/mol. The van der Waals surface area contributed by atoms with E-state index in [1.54, 1.807) is 7.11 Å². The van der Waals surface area contributed by atoms with Crippen molar-refractivity contribution < 1.29 is 9.84 Å². The summed E-state index contributed by atoms with van der Waals surface area (Å²) in [7, 11) is 1.71. The Balaban J connectivity index is 3.00. The lowest BCUT2D eigenvalue weighted by atomic mass is 9.88. The van der Waals surface area contributed by atoms with Gasteiger partial charge in [-0.1, -0.05) is 39.8 Å². The van der Waals surface area contributed by atoms with E-state index in [1.165, 1.54) is 11.1 Å². The van der Waals surface area contributed by atoms with Crippen LogP contribution in [0.15, 0.2) is 18.2 Å². The first-order valence-electron chi connectivity index (χ1n) is 6.77. The van der Waals surface area contributed by atoms with Crippen LogP contribution < -0.4 is 4.74 Å². The number of aliphatic hydroxyl groups is 1. The summed E-state index contributed by atoms with van der Waals surface area (Å²) in [6.07, 6.45) is 0.873. The van der Waals surface area contributed by atoms with E-state index in [9.17, 15) is 5.11 Å². The number of hydrogen-bond acceptors (Lipinski definition) is 2. The molecule has 0 aliphatic heterocycles. The second kappa shape index (κ2) is 6.79. The first-order chi connectivity index (χ1) is 8.49. The molecular weight excluding hydrogens is 224 g/mol. The highest BCUT2D eigenvalue weighted by atomic mass is 16.5. The fourth-order valence-corrected chi connectivity index (χ4v) is 2.11. The predicted molar refractivity (Wildman–Crippen MR) is 76.2 cm³/mol. The lowest BCUT2D eigenvalue weighted by molar-refractivity contribution is 0.188. The Bertz CT molecular complexity index is 369. The molecular formula is C16H26O2. The van der Waals surface area contributed by atoms with E-state index in [0.717, 1.165) is 12.2 Å². The molecule has 1 aromatic carbocycles. The van der Waals surface area contributed by atoms with E-state index >= 15 is 0 Å². The zero-order valence-electron chi connectivity index (χ0n) is 12.2. The largest absolute Gasteiger partial charge is 0.496 e. The fourth-order valence-electron chi connectivity index (χ4n) is 2.11. The number of rotatable bonds is 6. The number of ether oxygens (including phenoxy) is 1. The zero-order valence-corrected chi connectivity index (χ0v) is 12.2. The molecule has 0 radical (unpaired) electrons. The van der Waals surface area contributed by atoms with Crippen molar-refractivity contribution in [1.82, 2.24) is 0 Å². The van der Waals surface area contributed by atoms with E-state index < -0.39 is 0 Å². The second-order valence-electron chi connectivity index (χ2n) is 5.62. The highest BCUT2D eigenvalue weighted by molar-refractivity contribution is 5.38. The third-order valence-electron chi connectivity index (χ3n) is 3.63. The quantitative estimate of drug-likeness (QED) is 0.835. The van der Waals surface area contributed by atoms with Crippen molar-refractivity contribution in [3.8, 4) is 5.75 Å². The molecule has 1 atom stereocenters. The molecule has 0 saturated carbocycles. The molecule has 102 valence electrons. The van der Waals surface area contributed by atoms with Gasteiger partial charge in [0.1, 0.15) is 5.75 Å². The smallest absolute Gasteiger partial charge is 0.122 e. The molecule has 0 amide bonds. The lowest BCUT2D eigenvalue weighted by Gasteiger charge is -2.20. The lowest BCUT2D eigenvalue weighted by Crippen LogP contribution is -2.16. The zero-order chi connectivity index (χ0) is 13.7. The summed E-state index contributed by atoms with van der Waals surface area (Å²) in [5.74, 6) is 2.21. The molecule has 1 unspecified atom stereocenters. The number of methoxy groups -OCH3 is 1. The van der Waals surface area contributed by atoms with Gasteiger partial charge in [0.05, 0.1) is 7.11 Å². The average Bonchev–Trinajstić information content (AvgIpc) is 2.35. The minimum atomic E-state index is 0.229. The number of hydrogen-bond donors (Lipinski definition) is 1. The van der Waals surface area contributed by atoms with Gasteiger partial charge in [-0.2, -0.15) is 0 Å². The van der Waals surface area contributed by atoms with Crippen LogP contribution in [0.1, 0.15) is 44.7 Å². The Labute approximate surface area is 111 Å². The van der Waals surface area contributed by atoms with Gasteiger partial charge in [-0.3, -0.25) is 0 Å². The van der Waals surface area contributed by atoms with Crippen LogP contribution >= 0.6 is 0 Å². The molecule has 1 rings (SSSR count). The third kappa shape index (κ3) is 3.74. The number of benzene rings is 1. The van der Waals surface area contributed by atoms with Gasteiger partial charge in [-0.25, -0.2) is 0 Å². The Morgan fingerprint density at radius 2 is 1.83 bits per heavy atom. The molecule has 2 nitrogen and oxygen atoms in total. The Hall–Kier alpha value is -1.02. The molecule has 0 spiro atoms. The Kier molecular flexibility index (Phi) is 5.67. The van der Waals surface area contributed by atoms with E-state index in [0.29, 0.717) is 17.8 Å². The topological polar surface area (TPSA) is 29.5 Å². The van der Waals surface area contributed by atoms with Crippen LogP contribution in [0.4, 0.5) is 0 Å². The first kappa shape index (κ1) is 15.0. The van der Waals surface area contributed by atoms with Crippen molar-refractivity contribution in [2.75, 3.05) is 13.7 Å². The van der Waals surface area contributed by atoms with Crippen molar-refractivity contribution in [3.63, 3.8) is 0 Å². The van der Waals surface area contributed by atoms with Crippen LogP contribution in [0.2, 0.25) is 0 Å². The summed E-state index contributed by atoms with van der Waals surface area (Å²) in [5.41, 5.74) is 2.53. The van der Waals surface area contributed by atoms with Crippen LogP contribution in [-0.2, 0) is 6.42 Å². The van der Waals surface area contributed by atoms with Crippen LogP contribution in [0.3, 0.4) is 0 Å². The molecule has 0 heterocycles. The minimum absolute atomic E-state index is 0.229. The summed E-state index contributed by atoms with van der Waals surface area (Å²) in [6, 6.07) is 6.38. The van der Waals surface area contributed by atoms with Crippen LogP contribution in [0, 0.1) is 11.8 Å². The predicted octanol–water partition coefficient (Wildman–Crippen LogP) is 3.63. The van der Waals surface area contributed by atoms with Gasteiger partial charge in [-0.15, -0.1) is 0 Å². The van der Waals surface area contributed by atoms with Gasteiger partial charge in [0.25, 0.3) is 0 Å². The highest BCUT2D eigenvalue weighted by Gasteiger charge is 2.16. The van der Waals surface area contributed by atoms with Crippen molar-refractivity contribution >= 4 is 0 Å². The molecule has 0 fully saturated rings. The fraction of sp³-hybridized carbons (Fsp3) is 0.625. The van der Waals surface area contributed by atoms with E-state index in [4.69, 9.17) is 4.74 Å². The molecule has 0 saturated heterocycles. The summed E-state index contributed by atoms with van der Waals surface area (Å²) in [5, 5.41) is 9.46. The van der Waals surface area contributed by atoms with Gasteiger partial charge in [-0.05, 0) is 41.4 Å². The maximum Gasteiger partial charge on any atom is 0.122 e. The summed E-state index contributed by atoms with van der Waals surface area (Å²) < 4.78 is 5.42. The van der Waals surface area contributed by atoms with Gasteiger partial charge < -0.3 is 9.84 Å². The maximum absolute atomic E-state index is 9.46. The van der Waals surface area contributed by atoms with Gasteiger partial charge in [0, 0.05) is 6.61 Å². The third-order valence-corrected chi connectivity index (χ3v) is 3.63. The standard InChI is InChI=1S/C16H26O2/c1-11(2)13-6-7-16(18-5)14(8-13)9-15(10-17)12(3)4/h6-8,11-12,15,17H,9-10H2,1-5H3. The van der Waals surface area contributed by atoms with E-state index in [2.05, 4.69) is 39.8 Å². The first-order valence-corrected chi connectivity index (χ1v) is 6.77. The molecule has 1 N–H and O–H groups in total. The molecule has 0 aromatic heterocycles. The van der Waals surface area contributed by atoms with E-state index in [-0.39, 0.29) is 6.61 Å². The van der Waals surface area contributed by atoms with Crippen molar-refractivity contribution in [2.24, 2.45) is 11.8 Å². The van der Waals surface area contributed by atoms with Crippen molar-refractivity contribution in [3.05, 3.63) is 29.3 Å². The SMILES string of the molecule is COc1ccc(C(C)C)cc1CC(CO)C(C)C. The Morgan fingerprint density at radius 3 is 2.28 bits per heavy atom. The molecule has 0 bridgehead atoms. The minimum Gasteiger partial charge on any atom is -0.496 e.